The van der Waals surface area contributed by atoms with Crippen LogP contribution in [0.2, 0.25) is 0 Å². The van der Waals surface area contributed by atoms with Gasteiger partial charge in [0.1, 0.15) is 5.69 Å². The number of carbonyl (C=O) groups excluding carboxylic acids is 1. The lowest BCUT2D eigenvalue weighted by Gasteiger charge is -2.00. The summed E-state index contributed by atoms with van der Waals surface area (Å²) in [5.74, 6) is -0.529. The molecule has 2 aromatic heterocycles. The van der Waals surface area contributed by atoms with E-state index in [9.17, 15) is 9.59 Å². The van der Waals surface area contributed by atoms with Crippen LogP contribution in [0.25, 0.3) is 10.9 Å². The van der Waals surface area contributed by atoms with Gasteiger partial charge in [0.25, 0.3) is 5.91 Å². The molecule has 122 valence electrons. The molecule has 0 aliphatic carbocycles. The predicted octanol–water partition coefficient (Wildman–Crippen LogP) is 1.64. The molecule has 0 atom stereocenters. The van der Waals surface area contributed by atoms with Crippen molar-refractivity contribution in [1.29, 1.82) is 0 Å². The van der Waals surface area contributed by atoms with Crippen LogP contribution in [0.4, 0.5) is 0 Å². The van der Waals surface area contributed by atoms with Crippen molar-refractivity contribution in [3.8, 4) is 0 Å². The molecule has 3 rings (SSSR count). The molecule has 0 bridgehead atoms. The molecule has 7 heteroatoms. The molecule has 1 aromatic carbocycles. The van der Waals surface area contributed by atoms with E-state index in [0.29, 0.717) is 5.69 Å². The number of aromatic nitrogens is 3. The number of para-hydroxylation sites is 1. The first-order chi connectivity index (χ1) is 11.5. The average Bonchev–Trinajstić information content (AvgIpc) is 2.79. The molecule has 0 fully saturated rings. The topological polar surface area (TPSA) is 92.1 Å². The fraction of sp³-hybridized carbons (Fsp3) is 0.176. The standard InChI is InChI=1S/C17H17N5O2/c1-10-8-14(20-17(24)19-10)16(23)21-18-9-13-11(2)22(3)15-7-5-4-6-12(13)15/h4-9H,1-3H3,(H,21,23)(H,19,20,24)/b18-9+. The number of H-pyrrole nitrogens is 1. The number of nitrogens with zero attached hydrogens (tertiary/aromatic N) is 3. The molecule has 0 aliphatic heterocycles. The predicted molar refractivity (Wildman–Crippen MR) is 92.3 cm³/mol. The lowest BCUT2D eigenvalue weighted by molar-refractivity contribution is 0.0949. The van der Waals surface area contributed by atoms with Crippen molar-refractivity contribution >= 4 is 23.0 Å². The maximum atomic E-state index is 12.0. The number of hydrazone groups is 1. The molecule has 2 heterocycles. The summed E-state index contributed by atoms with van der Waals surface area (Å²) in [7, 11) is 1.98. The van der Waals surface area contributed by atoms with Crippen LogP contribution in [0, 0.1) is 13.8 Å². The van der Waals surface area contributed by atoms with Crippen LogP contribution in [-0.2, 0) is 7.05 Å². The molecule has 0 unspecified atom stereocenters. The summed E-state index contributed by atoms with van der Waals surface area (Å²) >= 11 is 0. The highest BCUT2D eigenvalue weighted by molar-refractivity contribution is 6.01. The summed E-state index contributed by atoms with van der Waals surface area (Å²) in [6.45, 7) is 3.67. The van der Waals surface area contributed by atoms with Gasteiger partial charge in [-0.3, -0.25) is 4.79 Å². The van der Waals surface area contributed by atoms with Crippen molar-refractivity contribution in [1.82, 2.24) is 20.0 Å². The number of rotatable bonds is 3. The van der Waals surface area contributed by atoms with Crippen molar-refractivity contribution in [2.75, 3.05) is 0 Å². The van der Waals surface area contributed by atoms with Gasteiger partial charge in [-0.25, -0.2) is 10.2 Å². The fourth-order valence-corrected chi connectivity index (χ4v) is 2.62. The Balaban J connectivity index is 1.86. The van der Waals surface area contributed by atoms with Crippen molar-refractivity contribution in [2.45, 2.75) is 13.8 Å². The van der Waals surface area contributed by atoms with E-state index in [1.807, 2.05) is 38.2 Å². The molecule has 3 aromatic rings. The van der Waals surface area contributed by atoms with E-state index < -0.39 is 11.6 Å². The van der Waals surface area contributed by atoms with Gasteiger partial charge in [-0.15, -0.1) is 0 Å². The molecule has 1 amide bonds. The highest BCUT2D eigenvalue weighted by Crippen LogP contribution is 2.22. The third kappa shape index (κ3) is 2.83. The number of aromatic amines is 1. The first-order valence-electron chi connectivity index (χ1n) is 7.43. The van der Waals surface area contributed by atoms with E-state index in [-0.39, 0.29) is 5.69 Å². The van der Waals surface area contributed by atoms with Crippen molar-refractivity contribution < 1.29 is 4.79 Å². The van der Waals surface area contributed by atoms with E-state index in [1.165, 1.54) is 6.07 Å². The molecule has 0 radical (unpaired) electrons. The van der Waals surface area contributed by atoms with Crippen LogP contribution < -0.4 is 11.1 Å². The number of fused-ring (bicyclic) bond motifs is 1. The van der Waals surface area contributed by atoms with E-state index >= 15 is 0 Å². The van der Waals surface area contributed by atoms with E-state index in [4.69, 9.17) is 0 Å². The maximum Gasteiger partial charge on any atom is 0.345 e. The Labute approximate surface area is 138 Å². The van der Waals surface area contributed by atoms with Crippen molar-refractivity contribution in [3.63, 3.8) is 0 Å². The Kier molecular flexibility index (Phi) is 3.99. The SMILES string of the molecule is Cc1cc(C(=O)N/N=C/c2c(C)n(C)c3ccccc23)nc(=O)[nH]1. The number of benzene rings is 1. The van der Waals surface area contributed by atoms with Crippen LogP contribution >= 0.6 is 0 Å². The zero-order valence-electron chi connectivity index (χ0n) is 13.6. The van der Waals surface area contributed by atoms with Gasteiger partial charge in [0, 0.05) is 34.9 Å². The minimum Gasteiger partial charge on any atom is -0.347 e. The molecule has 0 saturated heterocycles. The number of hydrogen-bond acceptors (Lipinski definition) is 4. The Hall–Kier alpha value is -3.22. The molecule has 0 aliphatic rings. The Morgan fingerprint density at radius 1 is 1.33 bits per heavy atom. The molecular formula is C17H17N5O2. The normalized spacial score (nSPS) is 11.3. The number of amides is 1. The molecule has 7 nitrogen and oxygen atoms in total. The van der Waals surface area contributed by atoms with Crippen LogP contribution in [-0.4, -0.2) is 26.7 Å². The highest BCUT2D eigenvalue weighted by atomic mass is 16.2. The van der Waals surface area contributed by atoms with Crippen molar-refractivity contribution in [3.05, 3.63) is 63.5 Å². The summed E-state index contributed by atoms with van der Waals surface area (Å²) in [5, 5.41) is 5.07. The average molecular weight is 323 g/mol. The number of aryl methyl sites for hydroxylation is 2. The zero-order valence-corrected chi connectivity index (χ0v) is 13.6. The Morgan fingerprint density at radius 3 is 2.83 bits per heavy atom. The van der Waals surface area contributed by atoms with Gasteiger partial charge in [-0.2, -0.15) is 10.1 Å². The van der Waals surface area contributed by atoms with Crippen LogP contribution in [0.1, 0.15) is 27.4 Å². The molecular weight excluding hydrogens is 306 g/mol. The van der Waals surface area contributed by atoms with Crippen molar-refractivity contribution in [2.24, 2.45) is 12.1 Å². The number of nitrogens with one attached hydrogen (secondary N) is 2. The summed E-state index contributed by atoms with van der Waals surface area (Å²) < 4.78 is 2.07. The van der Waals surface area contributed by atoms with Crippen LogP contribution in [0.3, 0.4) is 0 Å². The maximum absolute atomic E-state index is 12.0. The first kappa shape index (κ1) is 15.7. The molecule has 0 saturated carbocycles. The van der Waals surface area contributed by atoms with Gasteiger partial charge in [-0.05, 0) is 26.0 Å². The summed E-state index contributed by atoms with van der Waals surface area (Å²) in [6, 6.07) is 9.47. The second kappa shape index (κ2) is 6.11. The number of carbonyl (C=O) groups is 1. The van der Waals surface area contributed by atoms with Crippen LogP contribution in [0.5, 0.6) is 0 Å². The summed E-state index contributed by atoms with van der Waals surface area (Å²) in [4.78, 5) is 29.5. The molecule has 24 heavy (non-hydrogen) atoms. The third-order valence-electron chi connectivity index (χ3n) is 3.92. The van der Waals surface area contributed by atoms with Gasteiger partial charge >= 0.3 is 5.69 Å². The minimum absolute atomic E-state index is 0.0306. The third-order valence-corrected chi connectivity index (χ3v) is 3.92. The quantitative estimate of drug-likeness (QED) is 0.567. The first-order valence-corrected chi connectivity index (χ1v) is 7.43. The van der Waals surface area contributed by atoms with Gasteiger partial charge in [-0.1, -0.05) is 18.2 Å². The van der Waals surface area contributed by atoms with E-state index in [1.54, 1.807) is 13.1 Å². The monoisotopic (exact) mass is 323 g/mol. The smallest absolute Gasteiger partial charge is 0.345 e. The van der Waals surface area contributed by atoms with Gasteiger partial charge in [0.15, 0.2) is 0 Å². The largest absolute Gasteiger partial charge is 0.347 e. The minimum atomic E-state index is -0.561. The lowest BCUT2D eigenvalue weighted by Crippen LogP contribution is -2.24. The second-order valence-corrected chi connectivity index (χ2v) is 5.53. The fourth-order valence-electron chi connectivity index (χ4n) is 2.62. The van der Waals surface area contributed by atoms with Crippen LogP contribution in [0.15, 0.2) is 40.2 Å². The zero-order chi connectivity index (χ0) is 17.3. The Morgan fingerprint density at radius 2 is 2.08 bits per heavy atom. The van der Waals surface area contributed by atoms with E-state index in [0.717, 1.165) is 22.2 Å². The lowest BCUT2D eigenvalue weighted by atomic mass is 10.1. The van der Waals surface area contributed by atoms with Gasteiger partial charge in [0.2, 0.25) is 0 Å². The second-order valence-electron chi connectivity index (χ2n) is 5.53. The summed E-state index contributed by atoms with van der Waals surface area (Å²) in [6.07, 6.45) is 1.61. The summed E-state index contributed by atoms with van der Waals surface area (Å²) in [5.41, 5.74) is 5.51. The van der Waals surface area contributed by atoms with E-state index in [2.05, 4.69) is 25.1 Å². The van der Waals surface area contributed by atoms with Gasteiger partial charge < -0.3 is 9.55 Å². The molecule has 0 spiro atoms. The Bertz CT molecular complexity index is 1010. The van der Waals surface area contributed by atoms with Gasteiger partial charge in [0.05, 0.1) is 6.21 Å². The highest BCUT2D eigenvalue weighted by Gasteiger charge is 2.10. The number of hydrogen-bond donors (Lipinski definition) is 2. The molecule has 2 N–H and O–H groups in total.